The van der Waals surface area contributed by atoms with Crippen LogP contribution < -0.4 is 10.2 Å². The average molecular weight is 639 g/mol. The molecule has 1 unspecified atom stereocenters. The zero-order chi connectivity index (χ0) is 33.7. The third-order valence-corrected chi connectivity index (χ3v) is 9.05. The quantitative estimate of drug-likeness (QED) is 0.0943. The predicted molar refractivity (Wildman–Crippen MR) is 213 cm³/mol. The van der Waals surface area contributed by atoms with Crippen molar-refractivity contribution in [3.63, 3.8) is 0 Å². The van der Waals surface area contributed by atoms with Crippen LogP contribution in [0.4, 0.5) is 22.7 Å². The minimum Gasteiger partial charge on any atom is -0.376 e. The van der Waals surface area contributed by atoms with E-state index in [1.165, 1.54) is 47.1 Å². The first kappa shape index (κ1) is 33.3. The number of benzene rings is 6. The average Bonchev–Trinajstić information content (AvgIpc) is 3.16. The maximum Gasteiger partial charge on any atom is 0.0597 e. The second-order valence-corrected chi connectivity index (χ2v) is 12.8. The molecule has 49 heavy (non-hydrogen) atoms. The summed E-state index contributed by atoms with van der Waals surface area (Å²) in [6, 6.07) is 58.1. The van der Waals surface area contributed by atoms with Crippen molar-refractivity contribution in [3.8, 4) is 0 Å². The highest BCUT2D eigenvalue weighted by Crippen LogP contribution is 2.35. The van der Waals surface area contributed by atoms with Gasteiger partial charge in [-0.2, -0.15) is 0 Å². The Morgan fingerprint density at radius 2 is 0.959 bits per heavy atom. The summed E-state index contributed by atoms with van der Waals surface area (Å²) in [6.07, 6.45) is 13.4. The van der Waals surface area contributed by atoms with Gasteiger partial charge in [0.25, 0.3) is 0 Å². The Morgan fingerprint density at radius 1 is 0.490 bits per heavy atom. The largest absolute Gasteiger partial charge is 0.376 e. The van der Waals surface area contributed by atoms with Crippen LogP contribution >= 0.6 is 0 Å². The maximum absolute atomic E-state index is 3.92. The standard InChI is InChI=1S/C47H46N2/c1-3-4-14-36-47(2,48-43-32-28-39(29-33-43)25-24-38-16-8-5-9-17-38)42-19-15-18-41(37-42)27-26-40-30-34-46(35-31-40)49(44-20-10-6-11-21-44)45-22-12-7-13-23-45/h5-13,15-35,37,48H,3-4,14,36H2,1-2H3. The number of rotatable bonds is 14. The third-order valence-electron chi connectivity index (χ3n) is 9.05. The molecule has 6 aromatic carbocycles. The van der Waals surface area contributed by atoms with Crippen molar-refractivity contribution in [2.24, 2.45) is 0 Å². The van der Waals surface area contributed by atoms with E-state index in [0.717, 1.165) is 29.2 Å². The van der Waals surface area contributed by atoms with E-state index in [0.29, 0.717) is 0 Å². The summed E-state index contributed by atoms with van der Waals surface area (Å²) in [7, 11) is 0. The van der Waals surface area contributed by atoms with E-state index < -0.39 is 0 Å². The van der Waals surface area contributed by atoms with Crippen molar-refractivity contribution in [2.75, 3.05) is 10.2 Å². The summed E-state index contributed by atoms with van der Waals surface area (Å²) in [5.74, 6) is 0. The molecule has 0 aliphatic heterocycles. The van der Waals surface area contributed by atoms with Crippen molar-refractivity contribution in [3.05, 3.63) is 192 Å². The monoisotopic (exact) mass is 638 g/mol. The number of unbranched alkanes of at least 4 members (excludes halogenated alkanes) is 2. The molecule has 2 heteroatoms. The van der Waals surface area contributed by atoms with E-state index in [-0.39, 0.29) is 5.54 Å². The van der Waals surface area contributed by atoms with Crippen LogP contribution in [0, 0.1) is 0 Å². The molecular formula is C47H46N2. The van der Waals surface area contributed by atoms with E-state index >= 15 is 0 Å². The Kier molecular flexibility index (Phi) is 11.2. The number of anilines is 4. The number of hydrogen-bond donors (Lipinski definition) is 1. The first-order valence-electron chi connectivity index (χ1n) is 17.5. The van der Waals surface area contributed by atoms with Crippen molar-refractivity contribution in [1.29, 1.82) is 0 Å². The van der Waals surface area contributed by atoms with E-state index in [2.05, 4.69) is 206 Å². The third kappa shape index (κ3) is 9.06. The van der Waals surface area contributed by atoms with Crippen molar-refractivity contribution in [1.82, 2.24) is 0 Å². The van der Waals surface area contributed by atoms with Crippen molar-refractivity contribution < 1.29 is 0 Å². The van der Waals surface area contributed by atoms with Crippen LogP contribution in [0.1, 0.15) is 67.3 Å². The maximum atomic E-state index is 3.92. The van der Waals surface area contributed by atoms with Crippen LogP contribution in [-0.4, -0.2) is 0 Å². The Bertz CT molecular complexity index is 1890. The lowest BCUT2D eigenvalue weighted by molar-refractivity contribution is 0.464. The summed E-state index contributed by atoms with van der Waals surface area (Å²) in [6.45, 7) is 4.62. The van der Waals surface area contributed by atoms with Gasteiger partial charge in [-0.1, -0.05) is 160 Å². The molecular weight excluding hydrogens is 593 g/mol. The highest BCUT2D eigenvalue weighted by Gasteiger charge is 2.26. The normalized spacial score (nSPS) is 12.6. The molecule has 0 heterocycles. The smallest absolute Gasteiger partial charge is 0.0597 e. The minimum atomic E-state index is -0.194. The molecule has 2 nitrogen and oxygen atoms in total. The molecule has 0 bridgehead atoms. The number of hydrogen-bond acceptors (Lipinski definition) is 2. The van der Waals surface area contributed by atoms with Crippen LogP contribution in [0.3, 0.4) is 0 Å². The molecule has 0 amide bonds. The molecule has 1 N–H and O–H groups in total. The van der Waals surface area contributed by atoms with Gasteiger partial charge in [0.2, 0.25) is 0 Å². The molecule has 0 saturated carbocycles. The Balaban J connectivity index is 1.19. The molecule has 0 fully saturated rings. The molecule has 0 aromatic heterocycles. The molecule has 244 valence electrons. The van der Waals surface area contributed by atoms with Crippen molar-refractivity contribution >= 4 is 47.1 Å². The van der Waals surface area contributed by atoms with E-state index in [1.54, 1.807) is 0 Å². The van der Waals surface area contributed by atoms with Crippen LogP contribution in [0.5, 0.6) is 0 Å². The number of nitrogens with one attached hydrogen (secondary N) is 1. The molecule has 6 rings (SSSR count). The van der Waals surface area contributed by atoms with Crippen LogP contribution in [0.15, 0.2) is 164 Å². The van der Waals surface area contributed by atoms with Gasteiger partial charge in [-0.05, 0) is 95.8 Å². The lowest BCUT2D eigenvalue weighted by Gasteiger charge is -2.33. The number of para-hydroxylation sites is 2. The van der Waals surface area contributed by atoms with Gasteiger partial charge in [-0.15, -0.1) is 0 Å². The topological polar surface area (TPSA) is 15.3 Å². The second-order valence-electron chi connectivity index (χ2n) is 12.8. The predicted octanol–water partition coefficient (Wildman–Crippen LogP) is 13.4. The van der Waals surface area contributed by atoms with Crippen LogP contribution in [0.2, 0.25) is 0 Å². The fourth-order valence-electron chi connectivity index (χ4n) is 6.27. The highest BCUT2D eigenvalue weighted by atomic mass is 15.1. The van der Waals surface area contributed by atoms with Crippen molar-refractivity contribution in [2.45, 2.75) is 45.1 Å². The summed E-state index contributed by atoms with van der Waals surface area (Å²) in [5.41, 5.74) is 10.4. The summed E-state index contributed by atoms with van der Waals surface area (Å²) in [5, 5.41) is 3.92. The van der Waals surface area contributed by atoms with E-state index in [9.17, 15) is 0 Å². The van der Waals surface area contributed by atoms with Gasteiger partial charge < -0.3 is 10.2 Å². The van der Waals surface area contributed by atoms with E-state index in [4.69, 9.17) is 0 Å². The molecule has 0 radical (unpaired) electrons. The highest BCUT2D eigenvalue weighted by molar-refractivity contribution is 5.78. The molecule has 0 saturated heterocycles. The zero-order valence-electron chi connectivity index (χ0n) is 28.7. The van der Waals surface area contributed by atoms with Gasteiger partial charge in [-0.25, -0.2) is 0 Å². The van der Waals surface area contributed by atoms with Gasteiger partial charge in [0, 0.05) is 22.7 Å². The zero-order valence-corrected chi connectivity index (χ0v) is 28.7. The summed E-state index contributed by atoms with van der Waals surface area (Å²) in [4.78, 5) is 2.29. The SMILES string of the molecule is CCCCCC(C)(Nc1ccc(C=Cc2ccccc2)cc1)c1cccc(C=Cc2ccc(N(c3ccccc3)c3ccccc3)cc2)c1. The number of nitrogens with zero attached hydrogens (tertiary/aromatic N) is 1. The molecule has 0 aliphatic rings. The van der Waals surface area contributed by atoms with Gasteiger partial charge in [0.1, 0.15) is 0 Å². The lowest BCUT2D eigenvalue weighted by Crippen LogP contribution is -2.32. The minimum absolute atomic E-state index is 0.194. The van der Waals surface area contributed by atoms with E-state index in [1.807, 2.05) is 6.07 Å². The lowest BCUT2D eigenvalue weighted by atomic mass is 9.85. The molecule has 1 atom stereocenters. The molecule has 0 spiro atoms. The van der Waals surface area contributed by atoms with Gasteiger partial charge in [0.05, 0.1) is 5.54 Å². The Labute approximate surface area is 293 Å². The van der Waals surface area contributed by atoms with Crippen LogP contribution in [-0.2, 0) is 5.54 Å². The van der Waals surface area contributed by atoms with Gasteiger partial charge in [0.15, 0.2) is 0 Å². The summed E-state index contributed by atoms with van der Waals surface area (Å²) >= 11 is 0. The molecule has 0 aliphatic carbocycles. The Morgan fingerprint density at radius 3 is 1.53 bits per heavy atom. The first-order valence-corrected chi connectivity index (χ1v) is 17.5. The second kappa shape index (κ2) is 16.5. The summed E-state index contributed by atoms with van der Waals surface area (Å²) < 4.78 is 0. The molecule has 6 aromatic rings. The van der Waals surface area contributed by atoms with Crippen LogP contribution in [0.25, 0.3) is 24.3 Å². The fraction of sp³-hybridized carbons (Fsp3) is 0.149. The van der Waals surface area contributed by atoms with Gasteiger partial charge in [-0.3, -0.25) is 0 Å². The van der Waals surface area contributed by atoms with Gasteiger partial charge >= 0.3 is 0 Å². The fourth-order valence-corrected chi connectivity index (χ4v) is 6.27. The first-order chi connectivity index (χ1) is 24.1. The Hall–Kier alpha value is -5.60.